The minimum absolute atomic E-state index is 0.0197. The first-order valence-electron chi connectivity index (χ1n) is 10.6. The van der Waals surface area contributed by atoms with Crippen LogP contribution in [0.4, 0.5) is 11.5 Å². The van der Waals surface area contributed by atoms with Crippen LogP contribution >= 0.6 is 0 Å². The molecule has 2 aromatic rings. The van der Waals surface area contributed by atoms with Gasteiger partial charge < -0.3 is 25.0 Å². The Labute approximate surface area is 177 Å². The first-order chi connectivity index (χ1) is 14.5. The van der Waals surface area contributed by atoms with Crippen molar-refractivity contribution in [3.05, 3.63) is 47.7 Å². The Kier molecular flexibility index (Phi) is 5.56. The fourth-order valence-electron chi connectivity index (χ4n) is 4.63. The Hall–Kier alpha value is -2.80. The molecule has 1 unspecified atom stereocenters. The third-order valence-electron chi connectivity index (χ3n) is 6.34. The molecule has 1 spiro atoms. The molecule has 0 saturated carbocycles. The van der Waals surface area contributed by atoms with Crippen molar-refractivity contribution in [2.24, 2.45) is 0 Å². The van der Waals surface area contributed by atoms with Gasteiger partial charge >= 0.3 is 0 Å². The average molecular weight is 411 g/mol. The van der Waals surface area contributed by atoms with Gasteiger partial charge in [0.2, 0.25) is 0 Å². The Balaban J connectivity index is 1.63. The molecule has 30 heavy (non-hydrogen) atoms. The van der Waals surface area contributed by atoms with Crippen LogP contribution in [0.3, 0.4) is 0 Å². The Morgan fingerprint density at radius 3 is 2.63 bits per heavy atom. The van der Waals surface area contributed by atoms with E-state index in [0.717, 1.165) is 48.6 Å². The number of methoxy groups -OCH3 is 1. The smallest absolute Gasteiger partial charge is 0.256 e. The van der Waals surface area contributed by atoms with E-state index in [2.05, 4.69) is 16.0 Å². The minimum atomic E-state index is -0.591. The highest BCUT2D eigenvalue weighted by Gasteiger charge is 2.49. The third-order valence-corrected chi connectivity index (χ3v) is 6.34. The highest BCUT2D eigenvalue weighted by Crippen LogP contribution is 2.51. The maximum absolute atomic E-state index is 13.2. The summed E-state index contributed by atoms with van der Waals surface area (Å²) >= 11 is 0. The topological polar surface area (TPSA) is 80.9 Å². The van der Waals surface area contributed by atoms with Gasteiger partial charge in [-0.05, 0) is 56.0 Å². The molecule has 0 aliphatic carbocycles. The van der Waals surface area contributed by atoms with Crippen molar-refractivity contribution in [2.75, 3.05) is 43.9 Å². The van der Waals surface area contributed by atoms with Crippen LogP contribution in [0, 0.1) is 0 Å². The number of hydrogen-bond donors (Lipinski definition) is 1. The Bertz CT molecular complexity index is 920. The maximum Gasteiger partial charge on any atom is 0.256 e. The van der Waals surface area contributed by atoms with Crippen LogP contribution in [-0.4, -0.2) is 49.1 Å². The summed E-state index contributed by atoms with van der Waals surface area (Å²) in [4.78, 5) is 21.8. The van der Waals surface area contributed by atoms with E-state index in [1.165, 1.54) is 0 Å². The standard InChI is InChI=1S/C23H30N4O3/c1-4-26(5-2)22(28)21-18-15-17(29-3)6-7-19(18)23(30-21)9-12-27(13-10-23)20-14-16(24)8-11-25-20/h6-8,11,14-15,21H,4-5,9-10,12-13H2,1-3H3,(H2,24,25). The van der Waals surface area contributed by atoms with Gasteiger partial charge in [0.1, 0.15) is 11.6 Å². The Morgan fingerprint density at radius 1 is 1.27 bits per heavy atom. The normalized spacial score (nSPS) is 19.6. The van der Waals surface area contributed by atoms with E-state index in [1.807, 2.05) is 36.9 Å². The number of pyridine rings is 1. The lowest BCUT2D eigenvalue weighted by molar-refractivity contribution is -0.156. The van der Waals surface area contributed by atoms with Crippen LogP contribution in [0.15, 0.2) is 36.5 Å². The number of benzene rings is 1. The van der Waals surface area contributed by atoms with E-state index in [0.29, 0.717) is 18.8 Å². The molecule has 1 aromatic carbocycles. The van der Waals surface area contributed by atoms with Gasteiger partial charge in [-0.25, -0.2) is 4.98 Å². The van der Waals surface area contributed by atoms with Gasteiger partial charge in [0, 0.05) is 44.1 Å². The summed E-state index contributed by atoms with van der Waals surface area (Å²) in [6.07, 6.45) is 2.71. The summed E-state index contributed by atoms with van der Waals surface area (Å²) in [5, 5.41) is 0. The summed E-state index contributed by atoms with van der Waals surface area (Å²) in [6, 6.07) is 9.68. The number of ether oxygens (including phenoxy) is 2. The molecule has 3 heterocycles. The molecule has 1 aromatic heterocycles. The lowest BCUT2D eigenvalue weighted by Crippen LogP contribution is -2.44. The van der Waals surface area contributed by atoms with Crippen LogP contribution < -0.4 is 15.4 Å². The highest BCUT2D eigenvalue weighted by atomic mass is 16.5. The summed E-state index contributed by atoms with van der Waals surface area (Å²) in [5.74, 6) is 1.65. The molecule has 2 N–H and O–H groups in total. The molecular weight excluding hydrogens is 380 g/mol. The van der Waals surface area contributed by atoms with Crippen molar-refractivity contribution in [3.63, 3.8) is 0 Å². The summed E-state index contributed by atoms with van der Waals surface area (Å²) in [6.45, 7) is 6.89. The number of carbonyl (C=O) groups is 1. The largest absolute Gasteiger partial charge is 0.497 e. The number of rotatable bonds is 5. The van der Waals surface area contributed by atoms with Gasteiger partial charge in [0.05, 0.1) is 12.7 Å². The first-order valence-corrected chi connectivity index (χ1v) is 10.6. The SMILES string of the molecule is CCN(CC)C(=O)C1OC2(CCN(c3cc(N)ccn3)CC2)c2ccc(OC)cc21. The average Bonchev–Trinajstić information content (AvgIpc) is 3.08. The van der Waals surface area contributed by atoms with E-state index >= 15 is 0 Å². The lowest BCUT2D eigenvalue weighted by atomic mass is 9.83. The van der Waals surface area contributed by atoms with Crippen molar-refractivity contribution in [2.45, 2.75) is 38.4 Å². The number of nitrogens with two attached hydrogens (primary N) is 1. The van der Waals surface area contributed by atoms with Crippen LogP contribution in [0.2, 0.25) is 0 Å². The summed E-state index contributed by atoms with van der Waals surface area (Å²) < 4.78 is 12.0. The minimum Gasteiger partial charge on any atom is -0.497 e. The number of aromatic nitrogens is 1. The zero-order valence-electron chi connectivity index (χ0n) is 17.9. The molecule has 0 bridgehead atoms. The van der Waals surface area contributed by atoms with E-state index in [4.69, 9.17) is 15.2 Å². The number of fused-ring (bicyclic) bond motifs is 2. The van der Waals surface area contributed by atoms with Crippen molar-refractivity contribution in [3.8, 4) is 5.75 Å². The predicted octanol–water partition coefficient (Wildman–Crippen LogP) is 3.11. The number of amides is 1. The van der Waals surface area contributed by atoms with Crippen molar-refractivity contribution in [1.29, 1.82) is 0 Å². The molecule has 1 amide bonds. The molecule has 7 heteroatoms. The molecule has 4 rings (SSSR count). The van der Waals surface area contributed by atoms with Gasteiger partial charge in [0.25, 0.3) is 5.91 Å². The molecule has 0 radical (unpaired) electrons. The van der Waals surface area contributed by atoms with E-state index in [9.17, 15) is 4.79 Å². The van der Waals surface area contributed by atoms with Crippen molar-refractivity contribution < 1.29 is 14.3 Å². The van der Waals surface area contributed by atoms with E-state index in [1.54, 1.807) is 19.4 Å². The molecule has 1 saturated heterocycles. The number of nitrogen functional groups attached to an aromatic ring is 1. The van der Waals surface area contributed by atoms with Crippen molar-refractivity contribution >= 4 is 17.4 Å². The predicted molar refractivity (Wildman–Crippen MR) is 117 cm³/mol. The van der Waals surface area contributed by atoms with E-state index in [-0.39, 0.29) is 5.91 Å². The number of anilines is 2. The monoisotopic (exact) mass is 410 g/mol. The molecule has 2 aliphatic rings. The van der Waals surface area contributed by atoms with Crippen LogP contribution in [0.25, 0.3) is 0 Å². The number of carbonyl (C=O) groups excluding carboxylic acids is 1. The second-order valence-corrected chi connectivity index (χ2v) is 7.89. The van der Waals surface area contributed by atoms with Crippen LogP contribution in [-0.2, 0) is 15.1 Å². The summed E-state index contributed by atoms with van der Waals surface area (Å²) in [7, 11) is 1.64. The summed E-state index contributed by atoms with van der Waals surface area (Å²) in [5.41, 5.74) is 8.21. The molecule has 160 valence electrons. The second-order valence-electron chi connectivity index (χ2n) is 7.89. The molecular formula is C23H30N4O3. The third kappa shape index (κ3) is 3.47. The van der Waals surface area contributed by atoms with Gasteiger partial charge in [-0.3, -0.25) is 4.79 Å². The fourth-order valence-corrected chi connectivity index (χ4v) is 4.63. The molecule has 7 nitrogen and oxygen atoms in total. The zero-order chi connectivity index (χ0) is 21.3. The van der Waals surface area contributed by atoms with E-state index < -0.39 is 11.7 Å². The van der Waals surface area contributed by atoms with Gasteiger partial charge in [-0.2, -0.15) is 0 Å². The molecule has 1 fully saturated rings. The van der Waals surface area contributed by atoms with Gasteiger partial charge in [-0.1, -0.05) is 6.07 Å². The number of piperidine rings is 1. The lowest BCUT2D eigenvalue weighted by Gasteiger charge is -2.40. The van der Waals surface area contributed by atoms with Crippen LogP contribution in [0.5, 0.6) is 5.75 Å². The first kappa shape index (κ1) is 20.5. The Morgan fingerprint density at radius 2 is 2.00 bits per heavy atom. The molecule has 2 aliphatic heterocycles. The number of nitrogens with zero attached hydrogens (tertiary/aromatic N) is 3. The van der Waals surface area contributed by atoms with Crippen molar-refractivity contribution in [1.82, 2.24) is 9.88 Å². The molecule has 1 atom stereocenters. The highest BCUT2D eigenvalue weighted by molar-refractivity contribution is 5.84. The number of hydrogen-bond acceptors (Lipinski definition) is 6. The van der Waals surface area contributed by atoms with Crippen LogP contribution in [0.1, 0.15) is 43.9 Å². The maximum atomic E-state index is 13.2. The quantitative estimate of drug-likeness (QED) is 0.816. The second kappa shape index (κ2) is 8.14. The number of likely N-dealkylation sites (N-methyl/N-ethyl adjacent to an activating group) is 1. The fraction of sp³-hybridized carbons (Fsp3) is 0.478. The zero-order valence-corrected chi connectivity index (χ0v) is 17.9. The van der Waals surface area contributed by atoms with Gasteiger partial charge in [-0.15, -0.1) is 0 Å². The van der Waals surface area contributed by atoms with Gasteiger partial charge in [0.15, 0.2) is 6.10 Å².